The molecule has 3 amide bonds. The van der Waals surface area contributed by atoms with E-state index in [0.29, 0.717) is 66.0 Å². The first-order valence-corrected chi connectivity index (χ1v) is 19.8. The van der Waals surface area contributed by atoms with E-state index in [9.17, 15) is 18.0 Å². The lowest BCUT2D eigenvalue weighted by Gasteiger charge is -2.43. The third kappa shape index (κ3) is 7.06. The Balaban J connectivity index is 0.814. The molecule has 274 valence electrons. The minimum Gasteiger partial charge on any atom is -0.371 e. The average molecular weight is 747 g/mol. The summed E-state index contributed by atoms with van der Waals surface area (Å²) in [6, 6.07) is 13.5. The van der Waals surface area contributed by atoms with Gasteiger partial charge in [0.15, 0.2) is 5.82 Å². The van der Waals surface area contributed by atoms with Gasteiger partial charge in [-0.3, -0.25) is 19.7 Å². The van der Waals surface area contributed by atoms with Crippen molar-refractivity contribution in [3.8, 4) is 0 Å². The topological polar surface area (TPSA) is 149 Å². The number of nitrogens with zero attached hydrogens (tertiary/aromatic N) is 8. The van der Waals surface area contributed by atoms with Gasteiger partial charge in [-0.1, -0.05) is 23.7 Å². The number of imide groups is 1. The Hall–Kier alpha value is -4.31. The van der Waals surface area contributed by atoms with Crippen molar-refractivity contribution >= 4 is 61.9 Å². The molecule has 0 unspecified atom stereocenters. The number of carbonyl (C=O) groups excluding carboxylic acids is 2. The molecule has 6 heterocycles. The summed E-state index contributed by atoms with van der Waals surface area (Å²) in [5.41, 5.74) is 3.21. The maximum atomic E-state index is 13.6. The number of hydrogen-bond acceptors (Lipinski definition) is 10. The van der Waals surface area contributed by atoms with Gasteiger partial charge in [0.25, 0.3) is 0 Å². The molecule has 0 atom stereocenters. The van der Waals surface area contributed by atoms with Gasteiger partial charge < -0.3 is 15.1 Å². The third-order valence-electron chi connectivity index (χ3n) is 11.0. The number of amides is 3. The van der Waals surface area contributed by atoms with Crippen molar-refractivity contribution in [2.24, 2.45) is 13.0 Å². The highest BCUT2D eigenvalue weighted by molar-refractivity contribution is 7.89. The standard InChI is InChI=1S/C36H43ClN10O4S/c1-43-32-17-25(5-6-31(32)34(42-43)47-16-11-33(48)41-36(47)49)26-22-44(23-26)21-24-7-12-45(13-8-24)29-3-2-4-30(18-29)52(50,51)46-14-9-28(10-15-46)40-35-38-19-27(37)20-39-35/h2-6,17-20,24,26,28H,7-16,21-23H2,1H3,(H,38,39,40)(H,41,48,49). The zero-order valence-corrected chi connectivity index (χ0v) is 30.7. The van der Waals surface area contributed by atoms with Crippen LogP contribution in [0.2, 0.25) is 5.02 Å². The number of likely N-dealkylation sites (tertiary alicyclic amines) is 1. The molecule has 2 aromatic carbocycles. The number of sulfonamides is 1. The fraction of sp³-hybridized carbons (Fsp3) is 0.472. The largest absolute Gasteiger partial charge is 0.371 e. The highest BCUT2D eigenvalue weighted by Gasteiger charge is 2.34. The van der Waals surface area contributed by atoms with E-state index in [2.05, 4.69) is 53.7 Å². The van der Waals surface area contributed by atoms with Gasteiger partial charge in [-0.25, -0.2) is 23.2 Å². The third-order valence-corrected chi connectivity index (χ3v) is 13.0. The van der Waals surface area contributed by atoms with E-state index in [4.69, 9.17) is 11.6 Å². The number of carbonyl (C=O) groups is 2. The molecule has 0 saturated carbocycles. The van der Waals surface area contributed by atoms with E-state index in [1.54, 1.807) is 27.7 Å². The molecule has 4 aliphatic heterocycles. The zero-order chi connectivity index (χ0) is 36.0. The molecular formula is C36H43ClN10O4S. The SMILES string of the molecule is Cn1nc(N2CCC(=O)NC2=O)c2ccc(C3CN(CC4CCN(c5cccc(S(=O)(=O)N6CCC(Nc7ncc(Cl)cn7)CC6)c5)CC4)C3)cc21. The van der Waals surface area contributed by atoms with Crippen LogP contribution in [0, 0.1) is 5.92 Å². The Labute approximate surface area is 308 Å². The van der Waals surface area contributed by atoms with E-state index < -0.39 is 16.1 Å². The second-order valence-electron chi connectivity index (χ2n) is 14.4. The monoisotopic (exact) mass is 746 g/mol. The molecule has 52 heavy (non-hydrogen) atoms. The Morgan fingerprint density at radius 2 is 1.69 bits per heavy atom. The average Bonchev–Trinajstić information content (AvgIpc) is 3.46. The van der Waals surface area contributed by atoms with Crippen LogP contribution in [0.25, 0.3) is 10.9 Å². The molecule has 4 saturated heterocycles. The zero-order valence-electron chi connectivity index (χ0n) is 29.1. The first-order chi connectivity index (χ1) is 25.1. The number of piperidine rings is 2. The van der Waals surface area contributed by atoms with Gasteiger partial charge in [-0.2, -0.15) is 9.40 Å². The van der Waals surface area contributed by atoms with Crippen LogP contribution in [0.15, 0.2) is 59.8 Å². The maximum absolute atomic E-state index is 13.6. The number of anilines is 3. The maximum Gasteiger partial charge on any atom is 0.329 e. The second-order valence-corrected chi connectivity index (χ2v) is 16.7. The van der Waals surface area contributed by atoms with E-state index in [1.165, 1.54) is 5.56 Å². The Morgan fingerprint density at radius 1 is 0.942 bits per heavy atom. The first kappa shape index (κ1) is 34.8. The van der Waals surface area contributed by atoms with Crippen LogP contribution in [0.1, 0.15) is 43.6 Å². The summed E-state index contributed by atoms with van der Waals surface area (Å²) in [5.74, 6) is 1.87. The molecular weight excluding hydrogens is 704 g/mol. The molecule has 0 bridgehead atoms. The fourth-order valence-electron chi connectivity index (χ4n) is 7.94. The van der Waals surface area contributed by atoms with Gasteiger partial charge in [0, 0.05) is 88.9 Å². The van der Waals surface area contributed by atoms with Crippen LogP contribution < -0.4 is 20.4 Å². The van der Waals surface area contributed by atoms with Crippen molar-refractivity contribution in [3.63, 3.8) is 0 Å². The first-order valence-electron chi connectivity index (χ1n) is 18.0. The number of urea groups is 1. The van der Waals surface area contributed by atoms with Crippen LogP contribution in [0.4, 0.5) is 22.2 Å². The van der Waals surface area contributed by atoms with Crippen molar-refractivity contribution < 1.29 is 18.0 Å². The molecule has 14 nitrogen and oxygen atoms in total. The van der Waals surface area contributed by atoms with Gasteiger partial charge in [0.1, 0.15) is 0 Å². The van der Waals surface area contributed by atoms with Gasteiger partial charge in [-0.05, 0) is 67.5 Å². The number of hydrogen-bond donors (Lipinski definition) is 2. The van der Waals surface area contributed by atoms with Crippen molar-refractivity contribution in [2.45, 2.75) is 49.0 Å². The summed E-state index contributed by atoms with van der Waals surface area (Å²) >= 11 is 5.89. The molecule has 0 radical (unpaired) electrons. The molecule has 4 fully saturated rings. The number of fused-ring (bicyclic) bond motifs is 1. The lowest BCUT2D eigenvalue weighted by molar-refractivity contribution is -0.120. The van der Waals surface area contributed by atoms with Crippen LogP contribution in [0.5, 0.6) is 0 Å². The second kappa shape index (κ2) is 14.3. The van der Waals surface area contributed by atoms with Crippen LogP contribution >= 0.6 is 11.6 Å². The summed E-state index contributed by atoms with van der Waals surface area (Å²) in [7, 11) is -1.72. The van der Waals surface area contributed by atoms with Gasteiger partial charge in [0.05, 0.1) is 27.8 Å². The number of aromatic nitrogens is 4. The summed E-state index contributed by atoms with van der Waals surface area (Å²) in [6.07, 6.45) is 6.82. The predicted octanol–water partition coefficient (Wildman–Crippen LogP) is 4.04. The number of benzene rings is 2. The number of aryl methyl sites for hydroxylation is 1. The normalized spacial score (nSPS) is 20.3. The quantitative estimate of drug-likeness (QED) is 0.257. The summed E-state index contributed by atoms with van der Waals surface area (Å²) in [4.78, 5) is 39.2. The Morgan fingerprint density at radius 3 is 2.42 bits per heavy atom. The van der Waals surface area contributed by atoms with Crippen molar-refractivity contribution in [2.75, 3.05) is 67.5 Å². The highest BCUT2D eigenvalue weighted by Crippen LogP contribution is 2.35. The minimum atomic E-state index is -3.61. The van der Waals surface area contributed by atoms with Gasteiger partial charge >= 0.3 is 6.03 Å². The molecule has 16 heteroatoms. The lowest BCUT2D eigenvalue weighted by Crippen LogP contribution is -2.49. The fourth-order valence-corrected chi connectivity index (χ4v) is 9.55. The van der Waals surface area contributed by atoms with E-state index in [-0.39, 0.29) is 18.4 Å². The number of rotatable bonds is 9. The van der Waals surface area contributed by atoms with Crippen LogP contribution in [0.3, 0.4) is 0 Å². The van der Waals surface area contributed by atoms with Crippen LogP contribution in [-0.2, 0) is 21.9 Å². The van der Waals surface area contributed by atoms with Crippen LogP contribution in [-0.4, -0.2) is 108 Å². The summed E-state index contributed by atoms with van der Waals surface area (Å²) in [6.45, 7) is 6.07. The van der Waals surface area contributed by atoms with E-state index in [1.807, 2.05) is 29.9 Å². The Kier molecular flexibility index (Phi) is 9.53. The molecule has 8 rings (SSSR count). The molecule has 4 aliphatic rings. The predicted molar refractivity (Wildman–Crippen MR) is 199 cm³/mol. The van der Waals surface area contributed by atoms with Crippen molar-refractivity contribution in [1.82, 2.24) is 34.3 Å². The minimum absolute atomic E-state index is 0.0963. The Bertz CT molecular complexity index is 2070. The lowest BCUT2D eigenvalue weighted by atomic mass is 9.88. The molecule has 0 aliphatic carbocycles. The van der Waals surface area contributed by atoms with E-state index >= 15 is 0 Å². The molecule has 2 aromatic heterocycles. The number of nitrogens with one attached hydrogen (secondary N) is 2. The van der Waals surface area contributed by atoms with E-state index in [0.717, 1.165) is 62.2 Å². The summed E-state index contributed by atoms with van der Waals surface area (Å²) < 4.78 is 30.7. The summed E-state index contributed by atoms with van der Waals surface area (Å²) in [5, 5.41) is 11.7. The van der Waals surface area contributed by atoms with Gasteiger partial charge in [-0.15, -0.1) is 0 Å². The van der Waals surface area contributed by atoms with Crippen molar-refractivity contribution in [3.05, 3.63) is 65.4 Å². The molecule has 2 N–H and O–H groups in total. The molecule has 4 aromatic rings. The highest BCUT2D eigenvalue weighted by atomic mass is 35.5. The smallest absolute Gasteiger partial charge is 0.329 e. The molecule has 0 spiro atoms. The van der Waals surface area contributed by atoms with Gasteiger partial charge in [0.2, 0.25) is 21.9 Å². The van der Waals surface area contributed by atoms with Crippen molar-refractivity contribution in [1.29, 1.82) is 0 Å². The number of halogens is 1.